The Morgan fingerprint density at radius 1 is 0.842 bits per heavy atom. The van der Waals surface area contributed by atoms with Gasteiger partial charge in [-0.2, -0.15) is 0 Å². The molecule has 0 saturated carbocycles. The second kappa shape index (κ2) is 12.7. The zero-order valence-electron chi connectivity index (χ0n) is 22.7. The first kappa shape index (κ1) is 28.9. The molecule has 0 fully saturated rings. The summed E-state index contributed by atoms with van der Waals surface area (Å²) in [4.78, 5) is 28.5. The fourth-order valence-electron chi connectivity index (χ4n) is 4.00. The van der Waals surface area contributed by atoms with Crippen LogP contribution in [-0.2, 0) is 26.2 Å². The van der Waals surface area contributed by atoms with E-state index in [2.05, 4.69) is 5.32 Å². The Morgan fingerprint density at radius 2 is 1.45 bits per heavy atom. The van der Waals surface area contributed by atoms with Crippen molar-refractivity contribution in [1.29, 1.82) is 0 Å². The third kappa shape index (κ3) is 7.22. The third-order valence-electron chi connectivity index (χ3n) is 6.32. The highest BCUT2D eigenvalue weighted by atomic mass is 32.2. The monoisotopic (exact) mass is 535 g/mol. The van der Waals surface area contributed by atoms with Gasteiger partial charge in [0.05, 0.1) is 10.6 Å². The smallest absolute Gasteiger partial charge is 0.264 e. The van der Waals surface area contributed by atoms with Crippen molar-refractivity contribution in [2.24, 2.45) is 5.92 Å². The van der Waals surface area contributed by atoms with Gasteiger partial charge in [0.2, 0.25) is 11.8 Å². The number of rotatable bonds is 11. The number of amides is 2. The Morgan fingerprint density at radius 3 is 2.05 bits per heavy atom. The van der Waals surface area contributed by atoms with E-state index in [1.54, 1.807) is 50.2 Å². The molecule has 7 nitrogen and oxygen atoms in total. The van der Waals surface area contributed by atoms with Crippen LogP contribution in [-0.4, -0.2) is 44.3 Å². The molecule has 0 aliphatic heterocycles. The van der Waals surface area contributed by atoms with Crippen LogP contribution in [0.15, 0.2) is 83.8 Å². The summed E-state index contributed by atoms with van der Waals surface area (Å²) in [6, 6.07) is 22.0. The minimum atomic E-state index is -4.07. The topological polar surface area (TPSA) is 86.8 Å². The molecule has 3 rings (SSSR count). The lowest BCUT2D eigenvalue weighted by Crippen LogP contribution is -2.51. The first-order valence-corrected chi connectivity index (χ1v) is 14.2. The van der Waals surface area contributed by atoms with Crippen molar-refractivity contribution in [3.63, 3.8) is 0 Å². The standard InChI is InChI=1S/C30H37N3O4S/c1-22(2)19-31-30(35)25(5)32(20-26-17-15-23(3)16-18-26)29(34)21-33(28-14-10-9-11-24(28)4)38(36,37)27-12-7-6-8-13-27/h6-18,22,25H,19-21H2,1-5H3,(H,31,35)/t25-/m1/s1. The SMILES string of the molecule is Cc1ccc(CN(C(=O)CN(c2ccccc2C)S(=O)(=O)c2ccccc2)[C@H](C)C(=O)NCC(C)C)cc1. The summed E-state index contributed by atoms with van der Waals surface area (Å²) in [5.74, 6) is -0.506. The fourth-order valence-corrected chi connectivity index (χ4v) is 5.50. The number of hydrogen-bond donors (Lipinski definition) is 1. The van der Waals surface area contributed by atoms with Crippen LogP contribution in [0.25, 0.3) is 0 Å². The van der Waals surface area contributed by atoms with Crippen LogP contribution in [0.1, 0.15) is 37.5 Å². The van der Waals surface area contributed by atoms with E-state index in [-0.39, 0.29) is 23.3 Å². The number of anilines is 1. The fraction of sp³-hybridized carbons (Fsp3) is 0.333. The van der Waals surface area contributed by atoms with Crippen LogP contribution in [0.2, 0.25) is 0 Å². The molecule has 0 heterocycles. The molecule has 0 saturated heterocycles. The number of para-hydroxylation sites is 1. The van der Waals surface area contributed by atoms with Crippen LogP contribution in [0.3, 0.4) is 0 Å². The van der Waals surface area contributed by atoms with Crippen LogP contribution >= 0.6 is 0 Å². The number of nitrogens with zero attached hydrogens (tertiary/aromatic N) is 2. The lowest BCUT2D eigenvalue weighted by molar-refractivity contribution is -0.139. The second-order valence-electron chi connectivity index (χ2n) is 9.93. The molecule has 0 unspecified atom stereocenters. The van der Waals surface area contributed by atoms with Crippen molar-refractivity contribution in [3.8, 4) is 0 Å². The molecular formula is C30H37N3O4S. The number of benzene rings is 3. The average molecular weight is 536 g/mol. The van der Waals surface area contributed by atoms with Crippen LogP contribution in [0, 0.1) is 19.8 Å². The maximum atomic E-state index is 13.9. The highest BCUT2D eigenvalue weighted by Gasteiger charge is 2.33. The predicted molar refractivity (Wildman–Crippen MR) is 151 cm³/mol. The largest absolute Gasteiger partial charge is 0.354 e. The van der Waals surface area contributed by atoms with E-state index in [0.29, 0.717) is 17.8 Å². The van der Waals surface area contributed by atoms with Gasteiger partial charge in [0.1, 0.15) is 12.6 Å². The minimum Gasteiger partial charge on any atom is -0.354 e. The normalized spacial score (nSPS) is 12.2. The van der Waals surface area contributed by atoms with Crippen molar-refractivity contribution in [2.75, 3.05) is 17.4 Å². The molecule has 0 bridgehead atoms. The molecule has 3 aromatic rings. The lowest BCUT2D eigenvalue weighted by atomic mass is 10.1. The van der Waals surface area contributed by atoms with E-state index in [1.807, 2.05) is 51.1 Å². The predicted octanol–water partition coefficient (Wildman–Crippen LogP) is 4.69. The van der Waals surface area contributed by atoms with E-state index in [0.717, 1.165) is 15.4 Å². The molecular weight excluding hydrogens is 498 g/mol. The molecule has 1 N–H and O–H groups in total. The van der Waals surface area contributed by atoms with Crippen LogP contribution < -0.4 is 9.62 Å². The Bertz CT molecular complexity index is 1340. The molecule has 2 amide bonds. The molecule has 1 atom stereocenters. The van der Waals surface area contributed by atoms with Gasteiger partial charge in [-0.15, -0.1) is 0 Å². The number of sulfonamides is 1. The zero-order valence-corrected chi connectivity index (χ0v) is 23.5. The third-order valence-corrected chi connectivity index (χ3v) is 8.09. The number of carbonyl (C=O) groups is 2. The first-order chi connectivity index (χ1) is 18.0. The van der Waals surface area contributed by atoms with Gasteiger partial charge in [-0.25, -0.2) is 8.42 Å². The summed E-state index contributed by atoms with van der Waals surface area (Å²) < 4.78 is 28.7. The Kier molecular flexibility index (Phi) is 9.69. The molecule has 0 aromatic heterocycles. The number of hydrogen-bond acceptors (Lipinski definition) is 4. The van der Waals surface area contributed by atoms with Gasteiger partial charge in [-0.1, -0.05) is 80.1 Å². The second-order valence-corrected chi connectivity index (χ2v) is 11.8. The highest BCUT2D eigenvalue weighted by Crippen LogP contribution is 2.27. The van der Waals surface area contributed by atoms with Crippen LogP contribution in [0.4, 0.5) is 5.69 Å². The summed E-state index contributed by atoms with van der Waals surface area (Å²) in [7, 11) is -4.07. The minimum absolute atomic E-state index is 0.0869. The van der Waals surface area contributed by atoms with E-state index in [4.69, 9.17) is 0 Å². The van der Waals surface area contributed by atoms with Gasteiger partial charge >= 0.3 is 0 Å². The van der Waals surface area contributed by atoms with Crippen molar-refractivity contribution >= 4 is 27.5 Å². The molecule has 0 radical (unpaired) electrons. The highest BCUT2D eigenvalue weighted by molar-refractivity contribution is 7.92. The number of aryl methyl sites for hydroxylation is 2. The molecule has 0 aliphatic carbocycles. The zero-order chi connectivity index (χ0) is 27.9. The molecule has 8 heteroatoms. The quantitative estimate of drug-likeness (QED) is 0.386. The van der Waals surface area contributed by atoms with Gasteiger partial charge in [0.15, 0.2) is 0 Å². The number of carbonyl (C=O) groups excluding carboxylic acids is 2. The van der Waals surface area contributed by atoms with Crippen molar-refractivity contribution in [1.82, 2.24) is 10.2 Å². The van der Waals surface area contributed by atoms with E-state index < -0.39 is 28.5 Å². The Hall–Kier alpha value is -3.65. The van der Waals surface area contributed by atoms with E-state index in [1.165, 1.54) is 17.0 Å². The van der Waals surface area contributed by atoms with Crippen molar-refractivity contribution in [3.05, 3.63) is 95.6 Å². The molecule has 0 aliphatic rings. The average Bonchev–Trinajstić information content (AvgIpc) is 2.90. The van der Waals surface area contributed by atoms with Gasteiger partial charge in [-0.3, -0.25) is 13.9 Å². The Labute approximate surface area is 226 Å². The van der Waals surface area contributed by atoms with Crippen LogP contribution in [0.5, 0.6) is 0 Å². The maximum absolute atomic E-state index is 13.9. The van der Waals surface area contributed by atoms with Crippen molar-refractivity contribution in [2.45, 2.75) is 52.1 Å². The summed E-state index contributed by atoms with van der Waals surface area (Å²) in [6.07, 6.45) is 0. The first-order valence-electron chi connectivity index (χ1n) is 12.8. The summed E-state index contributed by atoms with van der Waals surface area (Å²) >= 11 is 0. The van der Waals surface area contributed by atoms with Gasteiger partial charge < -0.3 is 10.2 Å². The summed E-state index contributed by atoms with van der Waals surface area (Å²) in [6.45, 7) is 9.64. The van der Waals surface area contributed by atoms with Crippen molar-refractivity contribution < 1.29 is 18.0 Å². The number of nitrogens with one attached hydrogen (secondary N) is 1. The van der Waals surface area contributed by atoms with Gasteiger partial charge in [0, 0.05) is 13.1 Å². The molecule has 38 heavy (non-hydrogen) atoms. The van der Waals surface area contributed by atoms with Gasteiger partial charge in [-0.05, 0) is 56.0 Å². The van der Waals surface area contributed by atoms with E-state index in [9.17, 15) is 18.0 Å². The molecule has 202 valence electrons. The molecule has 3 aromatic carbocycles. The summed E-state index contributed by atoms with van der Waals surface area (Å²) in [5.41, 5.74) is 3.05. The Balaban J connectivity index is 2.00. The maximum Gasteiger partial charge on any atom is 0.264 e. The van der Waals surface area contributed by atoms with Gasteiger partial charge in [0.25, 0.3) is 10.0 Å². The lowest BCUT2D eigenvalue weighted by Gasteiger charge is -2.32. The van der Waals surface area contributed by atoms with E-state index >= 15 is 0 Å². The molecule has 0 spiro atoms. The summed E-state index contributed by atoms with van der Waals surface area (Å²) in [5, 5.41) is 2.90.